The van der Waals surface area contributed by atoms with Crippen LogP contribution in [0.3, 0.4) is 0 Å². The largest absolute Gasteiger partial charge is 0.467 e. The Kier molecular flexibility index (Phi) is 3.95. The van der Waals surface area contributed by atoms with Crippen LogP contribution in [-0.2, 0) is 6.54 Å². The number of furan rings is 1. The van der Waals surface area contributed by atoms with Crippen molar-refractivity contribution in [3.63, 3.8) is 0 Å². The molecule has 86 valence electrons. The second kappa shape index (κ2) is 5.66. The molecule has 0 bridgehead atoms. The highest BCUT2D eigenvalue weighted by atomic mass is 32.2. The van der Waals surface area contributed by atoms with Gasteiger partial charge in [-0.2, -0.15) is 0 Å². The number of hydrogen-bond acceptors (Lipinski definition) is 6. The Morgan fingerprint density at radius 3 is 3.19 bits per heavy atom. The number of thioether (sulfide) groups is 1. The highest BCUT2D eigenvalue weighted by Gasteiger charge is 2.08. The van der Waals surface area contributed by atoms with Gasteiger partial charge in [-0.05, 0) is 29.0 Å². The summed E-state index contributed by atoms with van der Waals surface area (Å²) in [6, 6.07) is 3.71. The number of aliphatic hydroxyl groups is 1. The quantitative estimate of drug-likeness (QED) is 0.594. The maximum atomic E-state index is 8.68. The first kappa shape index (κ1) is 11.2. The summed E-state index contributed by atoms with van der Waals surface area (Å²) in [5.74, 6) is 1.62. The molecule has 0 amide bonds. The number of rotatable bonds is 6. The molecule has 0 saturated heterocycles. The average molecular weight is 240 g/mol. The first-order valence-corrected chi connectivity index (χ1v) is 5.91. The lowest BCUT2D eigenvalue weighted by molar-refractivity contribution is 0.296. The van der Waals surface area contributed by atoms with Crippen molar-refractivity contribution in [2.75, 3.05) is 12.4 Å². The van der Waals surface area contributed by atoms with Gasteiger partial charge in [0.15, 0.2) is 0 Å². The molecule has 2 aromatic rings. The molecule has 2 rings (SSSR count). The van der Waals surface area contributed by atoms with E-state index in [1.165, 1.54) is 11.8 Å². The van der Waals surface area contributed by atoms with E-state index in [2.05, 4.69) is 15.5 Å². The first-order chi connectivity index (χ1) is 7.90. The monoisotopic (exact) mass is 240 g/mol. The third kappa shape index (κ3) is 2.83. The van der Waals surface area contributed by atoms with Crippen molar-refractivity contribution in [3.05, 3.63) is 24.2 Å². The fourth-order valence-corrected chi connectivity index (χ4v) is 1.98. The molecule has 0 saturated carbocycles. The van der Waals surface area contributed by atoms with Crippen molar-refractivity contribution in [3.8, 4) is 0 Å². The van der Waals surface area contributed by atoms with E-state index < -0.39 is 0 Å². The molecule has 0 radical (unpaired) electrons. The average Bonchev–Trinajstić information content (AvgIpc) is 2.92. The number of aliphatic hydroxyl groups excluding tert-OH is 1. The van der Waals surface area contributed by atoms with Crippen LogP contribution >= 0.6 is 11.8 Å². The predicted octanol–water partition coefficient (Wildman–Crippen LogP) is 0.789. The van der Waals surface area contributed by atoms with E-state index >= 15 is 0 Å². The Hall–Kier alpha value is -1.34. The number of hydrogen-bond donors (Lipinski definition) is 1. The standard InChI is InChI=1S/C9H12N4O2S/c14-4-2-6-16-9-10-11-12-13(9)7-8-3-1-5-15-8/h1,3,5,14H,2,4,6-7H2. The zero-order valence-corrected chi connectivity index (χ0v) is 9.43. The summed E-state index contributed by atoms with van der Waals surface area (Å²) in [6.45, 7) is 0.716. The van der Waals surface area contributed by atoms with Crippen LogP contribution in [0.2, 0.25) is 0 Å². The lowest BCUT2D eigenvalue weighted by Crippen LogP contribution is -2.03. The SMILES string of the molecule is OCCCSc1nnnn1Cc1ccco1. The highest BCUT2D eigenvalue weighted by Crippen LogP contribution is 2.15. The Morgan fingerprint density at radius 1 is 1.50 bits per heavy atom. The van der Waals surface area contributed by atoms with Gasteiger partial charge in [-0.3, -0.25) is 0 Å². The van der Waals surface area contributed by atoms with Crippen LogP contribution in [0, 0.1) is 0 Å². The first-order valence-electron chi connectivity index (χ1n) is 4.92. The molecular formula is C9H12N4O2S. The Labute approximate surface area is 96.6 Å². The lowest BCUT2D eigenvalue weighted by Gasteiger charge is -2.01. The molecule has 2 aromatic heterocycles. The molecule has 6 nitrogen and oxygen atoms in total. The fourth-order valence-electron chi connectivity index (χ4n) is 1.18. The van der Waals surface area contributed by atoms with Crippen molar-refractivity contribution in [2.24, 2.45) is 0 Å². The summed E-state index contributed by atoms with van der Waals surface area (Å²) in [5.41, 5.74) is 0. The lowest BCUT2D eigenvalue weighted by atomic mass is 10.4. The van der Waals surface area contributed by atoms with Crippen LogP contribution in [0.25, 0.3) is 0 Å². The van der Waals surface area contributed by atoms with E-state index in [1.54, 1.807) is 10.9 Å². The van der Waals surface area contributed by atoms with Crippen LogP contribution in [-0.4, -0.2) is 37.7 Å². The summed E-state index contributed by atoms with van der Waals surface area (Å²) < 4.78 is 6.90. The van der Waals surface area contributed by atoms with Gasteiger partial charge < -0.3 is 9.52 Å². The topological polar surface area (TPSA) is 77.0 Å². The van der Waals surface area contributed by atoms with E-state index in [-0.39, 0.29) is 6.61 Å². The van der Waals surface area contributed by atoms with Gasteiger partial charge in [0.1, 0.15) is 12.3 Å². The van der Waals surface area contributed by atoms with E-state index in [1.807, 2.05) is 12.1 Å². The molecule has 0 aliphatic carbocycles. The summed E-state index contributed by atoms with van der Waals surface area (Å²) in [4.78, 5) is 0. The molecule has 0 aliphatic rings. The minimum Gasteiger partial charge on any atom is -0.467 e. The Morgan fingerprint density at radius 2 is 2.44 bits per heavy atom. The Balaban J connectivity index is 1.96. The molecule has 7 heteroatoms. The maximum absolute atomic E-state index is 8.68. The molecule has 0 aliphatic heterocycles. The summed E-state index contributed by atoms with van der Waals surface area (Å²) in [5, 5.41) is 20.8. The van der Waals surface area contributed by atoms with Gasteiger partial charge >= 0.3 is 0 Å². The summed E-state index contributed by atoms with van der Waals surface area (Å²) in [6.07, 6.45) is 2.36. The van der Waals surface area contributed by atoms with Crippen LogP contribution in [0.1, 0.15) is 12.2 Å². The summed E-state index contributed by atoms with van der Waals surface area (Å²) in [7, 11) is 0. The Bertz CT molecular complexity index is 415. The van der Waals surface area contributed by atoms with Gasteiger partial charge in [0.25, 0.3) is 0 Å². The third-order valence-electron chi connectivity index (χ3n) is 1.92. The van der Waals surface area contributed by atoms with Gasteiger partial charge in [-0.25, -0.2) is 4.68 Å². The van der Waals surface area contributed by atoms with E-state index in [9.17, 15) is 0 Å². The molecular weight excluding hydrogens is 228 g/mol. The second-order valence-electron chi connectivity index (χ2n) is 3.12. The zero-order chi connectivity index (χ0) is 11.2. The molecule has 16 heavy (non-hydrogen) atoms. The van der Waals surface area contributed by atoms with Crippen molar-refractivity contribution in [1.29, 1.82) is 0 Å². The minimum absolute atomic E-state index is 0.187. The second-order valence-corrected chi connectivity index (χ2v) is 4.19. The highest BCUT2D eigenvalue weighted by molar-refractivity contribution is 7.99. The van der Waals surface area contributed by atoms with Gasteiger partial charge in [0.05, 0.1) is 6.26 Å². The fraction of sp³-hybridized carbons (Fsp3) is 0.444. The van der Waals surface area contributed by atoms with Gasteiger partial charge in [-0.1, -0.05) is 11.8 Å². The van der Waals surface area contributed by atoms with Gasteiger partial charge in [-0.15, -0.1) is 5.10 Å². The van der Waals surface area contributed by atoms with Crippen molar-refractivity contribution in [2.45, 2.75) is 18.1 Å². The molecule has 0 unspecified atom stereocenters. The van der Waals surface area contributed by atoms with E-state index in [4.69, 9.17) is 9.52 Å². The number of tetrazole rings is 1. The van der Waals surface area contributed by atoms with Gasteiger partial charge in [0, 0.05) is 12.4 Å². The van der Waals surface area contributed by atoms with Crippen molar-refractivity contribution >= 4 is 11.8 Å². The maximum Gasteiger partial charge on any atom is 0.209 e. The van der Waals surface area contributed by atoms with Crippen LogP contribution in [0.4, 0.5) is 0 Å². The normalized spacial score (nSPS) is 10.8. The molecule has 0 aromatic carbocycles. The van der Waals surface area contributed by atoms with Gasteiger partial charge in [0.2, 0.25) is 5.16 Å². The number of aromatic nitrogens is 4. The third-order valence-corrected chi connectivity index (χ3v) is 2.96. The summed E-state index contributed by atoms with van der Waals surface area (Å²) >= 11 is 1.53. The van der Waals surface area contributed by atoms with Crippen molar-refractivity contribution in [1.82, 2.24) is 20.2 Å². The minimum atomic E-state index is 0.187. The van der Waals surface area contributed by atoms with E-state index in [0.717, 1.165) is 23.1 Å². The molecule has 1 N–H and O–H groups in total. The predicted molar refractivity (Wildman–Crippen MR) is 58.1 cm³/mol. The number of nitrogens with zero attached hydrogens (tertiary/aromatic N) is 4. The van der Waals surface area contributed by atoms with Crippen LogP contribution in [0.5, 0.6) is 0 Å². The molecule has 0 fully saturated rings. The van der Waals surface area contributed by atoms with Crippen LogP contribution in [0.15, 0.2) is 28.0 Å². The molecule has 2 heterocycles. The molecule has 0 spiro atoms. The van der Waals surface area contributed by atoms with Crippen LogP contribution < -0.4 is 0 Å². The zero-order valence-electron chi connectivity index (χ0n) is 8.61. The molecule has 0 atom stereocenters. The van der Waals surface area contributed by atoms with E-state index in [0.29, 0.717) is 6.54 Å². The van der Waals surface area contributed by atoms with Crippen molar-refractivity contribution < 1.29 is 9.52 Å². The smallest absolute Gasteiger partial charge is 0.209 e.